The number of imidazole rings is 1. The molecule has 0 unspecified atom stereocenters. The highest BCUT2D eigenvalue weighted by Gasteiger charge is 2.25. The van der Waals surface area contributed by atoms with Crippen LogP contribution in [0.15, 0.2) is 36.8 Å². The van der Waals surface area contributed by atoms with Crippen molar-refractivity contribution in [3.8, 4) is 0 Å². The van der Waals surface area contributed by atoms with E-state index in [1.807, 2.05) is 22.8 Å². The zero-order chi connectivity index (χ0) is 13.9. The second kappa shape index (κ2) is 5.59. The summed E-state index contributed by atoms with van der Waals surface area (Å²) in [5.41, 5.74) is 8.00. The maximum Gasteiger partial charge on any atom is 0.213 e. The summed E-state index contributed by atoms with van der Waals surface area (Å²) in [5.74, 6) is 0.560. The lowest BCUT2D eigenvalue weighted by atomic mass is 9.77. The molecule has 1 aromatic carbocycles. The predicted molar refractivity (Wildman–Crippen MR) is 77.7 cm³/mol. The lowest BCUT2D eigenvalue weighted by Gasteiger charge is -2.27. The van der Waals surface area contributed by atoms with E-state index in [1.165, 1.54) is 24.8 Å². The maximum atomic E-state index is 12.6. The molecule has 1 saturated carbocycles. The third-order valence-electron chi connectivity index (χ3n) is 4.00. The van der Waals surface area contributed by atoms with Gasteiger partial charge < -0.3 is 10.3 Å². The molecule has 1 heterocycles. The van der Waals surface area contributed by atoms with Gasteiger partial charge in [-0.1, -0.05) is 30.7 Å². The van der Waals surface area contributed by atoms with Crippen LogP contribution in [-0.4, -0.2) is 21.9 Å². The number of carbonyl (C=O) groups is 1. The number of carbonyl (C=O) groups excluding carboxylic acids is 1. The number of ketones is 1. The van der Waals surface area contributed by atoms with Crippen molar-refractivity contribution in [3.05, 3.63) is 53.6 Å². The predicted octanol–water partition coefficient (Wildman–Crippen LogP) is 2.34. The van der Waals surface area contributed by atoms with Crippen LogP contribution in [0.25, 0.3) is 0 Å². The van der Waals surface area contributed by atoms with E-state index in [4.69, 9.17) is 5.73 Å². The standard InChI is InChI=1S/C16H19N3O/c17-8-9-19-10-15(18-11-19)16(20)14-7-2-1-6-13(14)12-4-3-5-12/h1-2,6-7,10-12H,3-5,8-9,17H2. The van der Waals surface area contributed by atoms with Gasteiger partial charge in [-0.25, -0.2) is 4.98 Å². The molecule has 0 aliphatic heterocycles. The van der Waals surface area contributed by atoms with Crippen LogP contribution in [0.5, 0.6) is 0 Å². The van der Waals surface area contributed by atoms with E-state index in [2.05, 4.69) is 11.1 Å². The summed E-state index contributed by atoms with van der Waals surface area (Å²) in [6.45, 7) is 1.23. The van der Waals surface area contributed by atoms with Crippen molar-refractivity contribution in [3.63, 3.8) is 0 Å². The normalized spacial score (nSPS) is 15.1. The third-order valence-corrected chi connectivity index (χ3v) is 4.00. The highest BCUT2D eigenvalue weighted by Crippen LogP contribution is 2.38. The van der Waals surface area contributed by atoms with E-state index in [-0.39, 0.29) is 5.78 Å². The molecule has 1 aliphatic carbocycles. The fraction of sp³-hybridized carbons (Fsp3) is 0.375. The minimum absolute atomic E-state index is 0.0169. The molecule has 0 saturated heterocycles. The number of rotatable bonds is 5. The fourth-order valence-electron chi connectivity index (χ4n) is 2.67. The Balaban J connectivity index is 1.89. The molecule has 1 fully saturated rings. The van der Waals surface area contributed by atoms with Crippen molar-refractivity contribution in [2.75, 3.05) is 6.54 Å². The van der Waals surface area contributed by atoms with Crippen molar-refractivity contribution >= 4 is 5.78 Å². The molecule has 4 nitrogen and oxygen atoms in total. The first-order chi connectivity index (χ1) is 9.79. The van der Waals surface area contributed by atoms with Crippen LogP contribution in [0.3, 0.4) is 0 Å². The quantitative estimate of drug-likeness (QED) is 0.847. The number of benzene rings is 1. The second-order valence-corrected chi connectivity index (χ2v) is 5.33. The summed E-state index contributed by atoms with van der Waals surface area (Å²) in [6.07, 6.45) is 7.09. The molecule has 0 radical (unpaired) electrons. The Morgan fingerprint density at radius 3 is 2.85 bits per heavy atom. The summed E-state index contributed by atoms with van der Waals surface area (Å²) in [4.78, 5) is 16.8. The molecule has 0 bridgehead atoms. The molecular weight excluding hydrogens is 250 g/mol. The summed E-state index contributed by atoms with van der Waals surface area (Å²) in [7, 11) is 0. The molecule has 3 rings (SSSR count). The third kappa shape index (κ3) is 2.39. The van der Waals surface area contributed by atoms with Crippen LogP contribution in [0.2, 0.25) is 0 Å². The van der Waals surface area contributed by atoms with E-state index < -0.39 is 0 Å². The van der Waals surface area contributed by atoms with Crippen LogP contribution in [0.1, 0.15) is 46.8 Å². The Morgan fingerprint density at radius 2 is 2.15 bits per heavy atom. The van der Waals surface area contributed by atoms with Gasteiger partial charge in [0.2, 0.25) is 5.78 Å². The zero-order valence-electron chi connectivity index (χ0n) is 11.5. The Morgan fingerprint density at radius 1 is 1.35 bits per heavy atom. The van der Waals surface area contributed by atoms with Crippen molar-refractivity contribution in [2.45, 2.75) is 31.7 Å². The first-order valence-corrected chi connectivity index (χ1v) is 7.15. The van der Waals surface area contributed by atoms with E-state index in [9.17, 15) is 4.79 Å². The maximum absolute atomic E-state index is 12.6. The minimum Gasteiger partial charge on any atom is -0.335 e. The monoisotopic (exact) mass is 269 g/mol. The highest BCUT2D eigenvalue weighted by molar-refractivity contribution is 6.08. The van der Waals surface area contributed by atoms with Gasteiger partial charge in [0.05, 0.1) is 6.33 Å². The zero-order valence-corrected chi connectivity index (χ0v) is 11.5. The summed E-state index contributed by atoms with van der Waals surface area (Å²) < 4.78 is 1.86. The van der Waals surface area contributed by atoms with Gasteiger partial charge in [-0.15, -0.1) is 0 Å². The summed E-state index contributed by atoms with van der Waals surface area (Å²) in [6, 6.07) is 7.93. The molecular formula is C16H19N3O. The average Bonchev–Trinajstić information content (AvgIpc) is 2.86. The van der Waals surface area contributed by atoms with Crippen molar-refractivity contribution in [1.29, 1.82) is 0 Å². The van der Waals surface area contributed by atoms with Crippen LogP contribution in [-0.2, 0) is 6.54 Å². The Kier molecular flexibility index (Phi) is 3.65. The van der Waals surface area contributed by atoms with E-state index in [1.54, 1.807) is 12.5 Å². The Hall–Kier alpha value is -1.94. The average molecular weight is 269 g/mol. The van der Waals surface area contributed by atoms with Crippen LogP contribution in [0.4, 0.5) is 0 Å². The molecule has 4 heteroatoms. The first-order valence-electron chi connectivity index (χ1n) is 7.15. The fourth-order valence-corrected chi connectivity index (χ4v) is 2.67. The topological polar surface area (TPSA) is 60.9 Å². The molecule has 1 aromatic heterocycles. The minimum atomic E-state index is 0.0169. The van der Waals surface area contributed by atoms with Gasteiger partial charge in [-0.05, 0) is 24.3 Å². The van der Waals surface area contributed by atoms with Crippen molar-refractivity contribution in [1.82, 2.24) is 9.55 Å². The molecule has 20 heavy (non-hydrogen) atoms. The molecule has 0 spiro atoms. The van der Waals surface area contributed by atoms with Crippen molar-refractivity contribution in [2.24, 2.45) is 5.73 Å². The molecule has 0 atom stereocenters. The Bertz CT molecular complexity index is 614. The van der Waals surface area contributed by atoms with Crippen LogP contribution in [0, 0.1) is 0 Å². The van der Waals surface area contributed by atoms with Gasteiger partial charge in [0, 0.05) is 24.8 Å². The van der Waals surface area contributed by atoms with Gasteiger partial charge in [0.1, 0.15) is 5.69 Å². The molecule has 104 valence electrons. The Labute approximate surface area is 118 Å². The second-order valence-electron chi connectivity index (χ2n) is 5.33. The molecule has 0 amide bonds. The van der Waals surface area contributed by atoms with Crippen LogP contribution >= 0.6 is 0 Å². The van der Waals surface area contributed by atoms with Gasteiger partial charge >= 0.3 is 0 Å². The van der Waals surface area contributed by atoms with Crippen molar-refractivity contribution < 1.29 is 4.79 Å². The molecule has 2 N–H and O–H groups in total. The highest BCUT2D eigenvalue weighted by atomic mass is 16.1. The number of hydrogen-bond acceptors (Lipinski definition) is 3. The summed E-state index contributed by atoms with van der Waals surface area (Å²) >= 11 is 0. The number of nitrogens with zero attached hydrogens (tertiary/aromatic N) is 2. The van der Waals surface area contributed by atoms with Gasteiger partial charge in [0.25, 0.3) is 0 Å². The number of aromatic nitrogens is 2. The number of nitrogens with two attached hydrogens (primary N) is 1. The lowest BCUT2D eigenvalue weighted by molar-refractivity contribution is 0.103. The molecule has 1 aliphatic rings. The van der Waals surface area contributed by atoms with Gasteiger partial charge in [-0.3, -0.25) is 4.79 Å². The first kappa shape index (κ1) is 13.1. The smallest absolute Gasteiger partial charge is 0.213 e. The lowest BCUT2D eigenvalue weighted by Crippen LogP contribution is -2.14. The van der Waals surface area contributed by atoms with E-state index in [0.29, 0.717) is 24.7 Å². The van der Waals surface area contributed by atoms with Gasteiger partial charge in [-0.2, -0.15) is 0 Å². The van der Waals surface area contributed by atoms with E-state index >= 15 is 0 Å². The number of hydrogen-bond donors (Lipinski definition) is 1. The largest absolute Gasteiger partial charge is 0.335 e. The van der Waals surface area contributed by atoms with Gasteiger partial charge in [0.15, 0.2) is 0 Å². The molecule has 2 aromatic rings. The summed E-state index contributed by atoms with van der Waals surface area (Å²) in [5, 5.41) is 0. The van der Waals surface area contributed by atoms with Crippen LogP contribution < -0.4 is 5.73 Å². The van der Waals surface area contributed by atoms with E-state index in [0.717, 1.165) is 5.56 Å². The SMILES string of the molecule is NCCn1cnc(C(=O)c2ccccc2C2CCC2)c1.